The van der Waals surface area contributed by atoms with Gasteiger partial charge in [-0.1, -0.05) is 0 Å². The summed E-state index contributed by atoms with van der Waals surface area (Å²) in [7, 11) is 0. The number of likely N-dealkylation sites (tertiary alicyclic amines) is 1. The first kappa shape index (κ1) is 18.0. The summed E-state index contributed by atoms with van der Waals surface area (Å²) in [5.74, 6) is -1.24. The van der Waals surface area contributed by atoms with E-state index >= 15 is 0 Å². The van der Waals surface area contributed by atoms with Crippen molar-refractivity contribution in [3.8, 4) is 5.75 Å². The van der Waals surface area contributed by atoms with Crippen molar-refractivity contribution in [2.75, 3.05) is 6.54 Å². The number of carboxylic acids is 1. The average Bonchev–Trinajstić information content (AvgIpc) is 2.60. The number of carbonyl (C=O) groups excluding carboxylic acids is 1. The minimum absolute atomic E-state index is 0.00721. The van der Waals surface area contributed by atoms with Gasteiger partial charge in [-0.3, -0.25) is 4.79 Å². The number of aliphatic carboxylic acids is 1. The van der Waals surface area contributed by atoms with E-state index in [1.165, 1.54) is 17.0 Å². The van der Waals surface area contributed by atoms with Crippen LogP contribution in [0.2, 0.25) is 0 Å². The standard InChI is InChI=1S/C19H21NO6/c1-11-13-6-5-12(21)10-16(13)26-19(25)14(11)7-8-17(22)20-9-3-2-4-15(20)18(23)24/h5-6,10,15,21H,2-4,7-9H2,1H3,(H,23,24)/t15-/m0/s1. The molecule has 1 aromatic carbocycles. The highest BCUT2D eigenvalue weighted by atomic mass is 16.4. The molecule has 1 aliphatic rings. The predicted molar refractivity (Wildman–Crippen MR) is 94.2 cm³/mol. The third-order valence-corrected chi connectivity index (χ3v) is 4.97. The molecular weight excluding hydrogens is 338 g/mol. The first-order chi connectivity index (χ1) is 12.4. The van der Waals surface area contributed by atoms with Crippen LogP contribution in [-0.4, -0.2) is 39.6 Å². The van der Waals surface area contributed by atoms with E-state index in [0.717, 1.165) is 12.8 Å². The van der Waals surface area contributed by atoms with Gasteiger partial charge in [-0.2, -0.15) is 0 Å². The molecule has 1 aliphatic heterocycles. The van der Waals surface area contributed by atoms with Gasteiger partial charge in [0, 0.05) is 30.0 Å². The van der Waals surface area contributed by atoms with E-state index in [1.807, 2.05) is 0 Å². The molecule has 26 heavy (non-hydrogen) atoms. The lowest BCUT2D eigenvalue weighted by atomic mass is 9.99. The molecule has 3 rings (SSSR count). The van der Waals surface area contributed by atoms with Crippen molar-refractivity contribution < 1.29 is 24.2 Å². The van der Waals surface area contributed by atoms with Gasteiger partial charge >= 0.3 is 11.6 Å². The smallest absolute Gasteiger partial charge is 0.339 e. The number of aryl methyl sites for hydroxylation is 1. The van der Waals surface area contributed by atoms with Crippen molar-refractivity contribution in [1.29, 1.82) is 0 Å². The largest absolute Gasteiger partial charge is 0.508 e. The zero-order chi connectivity index (χ0) is 18.8. The van der Waals surface area contributed by atoms with E-state index in [9.17, 15) is 24.6 Å². The summed E-state index contributed by atoms with van der Waals surface area (Å²) >= 11 is 0. The molecule has 1 amide bonds. The van der Waals surface area contributed by atoms with E-state index in [0.29, 0.717) is 35.1 Å². The molecule has 7 nitrogen and oxygen atoms in total. The van der Waals surface area contributed by atoms with E-state index in [-0.39, 0.29) is 24.5 Å². The Morgan fingerprint density at radius 3 is 2.81 bits per heavy atom. The average molecular weight is 359 g/mol. The molecule has 0 bridgehead atoms. The molecule has 138 valence electrons. The molecule has 1 atom stereocenters. The first-order valence-corrected chi connectivity index (χ1v) is 8.66. The Hall–Kier alpha value is -2.83. The maximum atomic E-state index is 12.5. The third kappa shape index (κ3) is 3.42. The molecule has 2 N–H and O–H groups in total. The Morgan fingerprint density at radius 1 is 1.31 bits per heavy atom. The summed E-state index contributed by atoms with van der Waals surface area (Å²) in [4.78, 5) is 37.5. The van der Waals surface area contributed by atoms with Crippen LogP contribution in [0.5, 0.6) is 5.75 Å². The van der Waals surface area contributed by atoms with E-state index < -0.39 is 17.6 Å². The number of phenolic OH excluding ortho intramolecular Hbond substituents is 1. The molecule has 2 aromatic rings. The van der Waals surface area contributed by atoms with Crippen LogP contribution in [0.4, 0.5) is 0 Å². The number of aromatic hydroxyl groups is 1. The van der Waals surface area contributed by atoms with Crippen molar-refractivity contribution in [3.05, 3.63) is 39.7 Å². The van der Waals surface area contributed by atoms with Gasteiger partial charge in [0.05, 0.1) is 0 Å². The summed E-state index contributed by atoms with van der Waals surface area (Å²) in [5.41, 5.74) is 0.865. The number of rotatable bonds is 4. The summed E-state index contributed by atoms with van der Waals surface area (Å²) in [6.45, 7) is 2.21. The first-order valence-electron chi connectivity index (χ1n) is 8.66. The molecule has 7 heteroatoms. The van der Waals surface area contributed by atoms with Crippen LogP contribution < -0.4 is 5.63 Å². The van der Waals surface area contributed by atoms with Crippen molar-refractivity contribution in [1.82, 2.24) is 4.90 Å². The number of carboxylic acid groups (broad SMARTS) is 1. The van der Waals surface area contributed by atoms with Crippen LogP contribution in [0.1, 0.15) is 36.8 Å². The molecule has 2 heterocycles. The molecule has 1 fully saturated rings. The normalized spacial score (nSPS) is 17.4. The minimum Gasteiger partial charge on any atom is -0.508 e. The highest BCUT2D eigenvalue weighted by molar-refractivity contribution is 5.85. The lowest BCUT2D eigenvalue weighted by Gasteiger charge is -2.33. The molecule has 0 unspecified atom stereocenters. The number of amides is 1. The number of phenols is 1. The number of hydrogen-bond acceptors (Lipinski definition) is 5. The molecule has 0 saturated carbocycles. The summed E-state index contributed by atoms with van der Waals surface area (Å²) in [6.07, 6.45) is 2.28. The van der Waals surface area contributed by atoms with Gasteiger partial charge < -0.3 is 19.5 Å². The number of piperidine rings is 1. The van der Waals surface area contributed by atoms with E-state index in [2.05, 4.69) is 0 Å². The van der Waals surface area contributed by atoms with Crippen LogP contribution in [0.3, 0.4) is 0 Å². The Bertz CT molecular complexity index is 916. The van der Waals surface area contributed by atoms with Crippen LogP contribution in [-0.2, 0) is 16.0 Å². The predicted octanol–water partition coefficient (Wildman–Crippen LogP) is 2.21. The van der Waals surface area contributed by atoms with Gasteiger partial charge in [0.15, 0.2) is 0 Å². The number of benzene rings is 1. The summed E-state index contributed by atoms with van der Waals surface area (Å²) in [5, 5.41) is 19.5. The number of carbonyl (C=O) groups is 2. The zero-order valence-corrected chi connectivity index (χ0v) is 14.5. The lowest BCUT2D eigenvalue weighted by Crippen LogP contribution is -2.48. The Labute approximate surface area is 149 Å². The number of fused-ring (bicyclic) bond motifs is 1. The van der Waals surface area contributed by atoms with Gasteiger partial charge in [0.25, 0.3) is 0 Å². The monoisotopic (exact) mass is 359 g/mol. The minimum atomic E-state index is -0.987. The Balaban J connectivity index is 1.81. The van der Waals surface area contributed by atoms with Crippen molar-refractivity contribution in [2.24, 2.45) is 0 Å². The highest BCUT2D eigenvalue weighted by Crippen LogP contribution is 2.24. The fourth-order valence-electron chi connectivity index (χ4n) is 3.53. The number of hydrogen-bond donors (Lipinski definition) is 2. The van der Waals surface area contributed by atoms with Crippen molar-refractivity contribution >= 4 is 22.8 Å². The molecule has 0 radical (unpaired) electrons. The molecule has 0 spiro atoms. The van der Waals surface area contributed by atoms with Crippen LogP contribution in [0, 0.1) is 6.92 Å². The SMILES string of the molecule is Cc1c(CCC(=O)N2CCCC[C@H]2C(=O)O)c(=O)oc2cc(O)ccc12. The Morgan fingerprint density at radius 2 is 2.08 bits per heavy atom. The topological polar surface area (TPSA) is 108 Å². The lowest BCUT2D eigenvalue weighted by molar-refractivity contribution is -0.152. The maximum Gasteiger partial charge on any atom is 0.339 e. The fourth-order valence-corrected chi connectivity index (χ4v) is 3.53. The summed E-state index contributed by atoms with van der Waals surface area (Å²) in [6, 6.07) is 3.77. The van der Waals surface area contributed by atoms with Gasteiger partial charge in [-0.25, -0.2) is 9.59 Å². The second kappa shape index (κ2) is 7.19. The van der Waals surface area contributed by atoms with Gasteiger partial charge in [0.1, 0.15) is 17.4 Å². The van der Waals surface area contributed by atoms with Gasteiger partial charge in [0.2, 0.25) is 5.91 Å². The van der Waals surface area contributed by atoms with Crippen LogP contribution >= 0.6 is 0 Å². The number of nitrogens with zero attached hydrogens (tertiary/aromatic N) is 1. The maximum absolute atomic E-state index is 12.5. The molecular formula is C19H21NO6. The Kier molecular flexibility index (Phi) is 4.97. The molecule has 1 saturated heterocycles. The quantitative estimate of drug-likeness (QED) is 0.810. The fraction of sp³-hybridized carbons (Fsp3) is 0.421. The van der Waals surface area contributed by atoms with E-state index in [4.69, 9.17) is 4.42 Å². The highest BCUT2D eigenvalue weighted by Gasteiger charge is 2.31. The van der Waals surface area contributed by atoms with Crippen molar-refractivity contribution in [2.45, 2.75) is 45.1 Å². The van der Waals surface area contributed by atoms with Crippen molar-refractivity contribution in [3.63, 3.8) is 0 Å². The van der Waals surface area contributed by atoms with Gasteiger partial charge in [-0.05, 0) is 50.3 Å². The molecule has 0 aliphatic carbocycles. The zero-order valence-electron chi connectivity index (χ0n) is 14.5. The third-order valence-electron chi connectivity index (χ3n) is 4.97. The van der Waals surface area contributed by atoms with Crippen LogP contribution in [0.25, 0.3) is 11.0 Å². The van der Waals surface area contributed by atoms with E-state index in [1.54, 1.807) is 13.0 Å². The summed E-state index contributed by atoms with van der Waals surface area (Å²) < 4.78 is 5.26. The second-order valence-corrected chi connectivity index (χ2v) is 6.61. The molecule has 1 aromatic heterocycles. The second-order valence-electron chi connectivity index (χ2n) is 6.61. The van der Waals surface area contributed by atoms with Gasteiger partial charge in [-0.15, -0.1) is 0 Å². The van der Waals surface area contributed by atoms with Crippen LogP contribution in [0.15, 0.2) is 27.4 Å².